The van der Waals surface area contributed by atoms with E-state index in [4.69, 9.17) is 21.1 Å². The van der Waals surface area contributed by atoms with Gasteiger partial charge in [0, 0.05) is 42.0 Å². The third-order valence-corrected chi connectivity index (χ3v) is 5.42. The van der Waals surface area contributed by atoms with Crippen molar-refractivity contribution in [3.63, 3.8) is 0 Å². The Balaban J connectivity index is 1.38. The van der Waals surface area contributed by atoms with Crippen molar-refractivity contribution in [1.29, 1.82) is 0 Å². The molecule has 28 heavy (non-hydrogen) atoms. The average Bonchev–Trinajstić information content (AvgIpc) is 3.17. The van der Waals surface area contributed by atoms with Crippen LogP contribution in [0.15, 0.2) is 42.7 Å². The molecule has 3 aromatic rings. The van der Waals surface area contributed by atoms with Crippen LogP contribution in [0.4, 0.5) is 0 Å². The van der Waals surface area contributed by atoms with Gasteiger partial charge in [-0.1, -0.05) is 17.7 Å². The van der Waals surface area contributed by atoms with E-state index < -0.39 is 0 Å². The summed E-state index contributed by atoms with van der Waals surface area (Å²) in [5.41, 5.74) is 3.77. The van der Waals surface area contributed by atoms with E-state index in [2.05, 4.69) is 22.1 Å². The summed E-state index contributed by atoms with van der Waals surface area (Å²) in [6.07, 6.45) is 6.65. The number of hydrogen-bond donors (Lipinski definition) is 1. The molecule has 0 saturated heterocycles. The van der Waals surface area contributed by atoms with E-state index >= 15 is 0 Å². The number of fused-ring (bicyclic) bond motifs is 2. The van der Waals surface area contributed by atoms with Crippen molar-refractivity contribution in [3.8, 4) is 11.5 Å². The Morgan fingerprint density at radius 2 is 2.14 bits per heavy atom. The van der Waals surface area contributed by atoms with Crippen molar-refractivity contribution in [2.45, 2.75) is 6.42 Å². The molecule has 0 saturated carbocycles. The average molecular weight is 396 g/mol. The van der Waals surface area contributed by atoms with Crippen molar-refractivity contribution < 1.29 is 14.3 Å². The van der Waals surface area contributed by atoms with E-state index in [1.807, 2.05) is 17.2 Å². The standard InChI is InChI=1S/C21H18ClN3O3/c22-17-10-14(11-18-19(17)28-9-8-27-18)21(26)25-6-3-13(4-7-25)16-12-24-20-15(16)2-1-5-23-20/h1-3,5,10-12H,4,6-9H2,(H,23,24). The number of amides is 1. The first-order valence-electron chi connectivity index (χ1n) is 9.20. The Morgan fingerprint density at radius 3 is 3.00 bits per heavy atom. The van der Waals surface area contributed by atoms with Crippen LogP contribution >= 0.6 is 11.6 Å². The van der Waals surface area contributed by atoms with Crippen LogP contribution in [0.25, 0.3) is 16.6 Å². The summed E-state index contributed by atoms with van der Waals surface area (Å²) in [5.74, 6) is 0.981. The first kappa shape index (κ1) is 17.1. The Hall–Kier alpha value is -2.99. The molecule has 7 heteroatoms. The van der Waals surface area contributed by atoms with Crippen LogP contribution in [0.5, 0.6) is 11.5 Å². The molecule has 0 fully saturated rings. The fourth-order valence-corrected chi connectivity index (χ4v) is 4.00. The largest absolute Gasteiger partial charge is 0.486 e. The maximum Gasteiger partial charge on any atom is 0.254 e. The molecule has 1 N–H and O–H groups in total. The van der Waals surface area contributed by atoms with Crippen LogP contribution in [0.2, 0.25) is 5.02 Å². The zero-order valence-electron chi connectivity index (χ0n) is 15.1. The molecule has 2 aromatic heterocycles. The molecule has 1 aromatic carbocycles. The first-order valence-corrected chi connectivity index (χ1v) is 9.58. The van der Waals surface area contributed by atoms with Crippen molar-refractivity contribution >= 4 is 34.1 Å². The maximum absolute atomic E-state index is 13.0. The van der Waals surface area contributed by atoms with Gasteiger partial charge in [-0.15, -0.1) is 0 Å². The van der Waals surface area contributed by atoms with Crippen LogP contribution in [0.3, 0.4) is 0 Å². The number of carbonyl (C=O) groups is 1. The Kier molecular flexibility index (Phi) is 4.20. The van der Waals surface area contributed by atoms with Gasteiger partial charge in [0.1, 0.15) is 18.9 Å². The Morgan fingerprint density at radius 1 is 1.25 bits per heavy atom. The second-order valence-electron chi connectivity index (χ2n) is 6.81. The van der Waals surface area contributed by atoms with Gasteiger partial charge in [-0.3, -0.25) is 4.79 Å². The number of nitrogens with one attached hydrogen (secondary N) is 1. The number of rotatable bonds is 2. The lowest BCUT2D eigenvalue weighted by atomic mass is 9.99. The van der Waals surface area contributed by atoms with E-state index in [-0.39, 0.29) is 5.91 Å². The number of aromatic amines is 1. The monoisotopic (exact) mass is 395 g/mol. The van der Waals surface area contributed by atoms with Crippen LogP contribution in [-0.4, -0.2) is 47.1 Å². The van der Waals surface area contributed by atoms with E-state index in [1.165, 1.54) is 5.57 Å². The Bertz CT molecular complexity index is 1110. The number of ether oxygens (including phenoxy) is 2. The highest BCUT2D eigenvalue weighted by atomic mass is 35.5. The van der Waals surface area contributed by atoms with Crippen LogP contribution in [0, 0.1) is 0 Å². The molecule has 2 aliphatic heterocycles. The van der Waals surface area contributed by atoms with Crippen molar-refractivity contribution in [1.82, 2.24) is 14.9 Å². The minimum absolute atomic E-state index is 0.0604. The van der Waals surface area contributed by atoms with Crippen LogP contribution < -0.4 is 9.47 Å². The smallest absolute Gasteiger partial charge is 0.254 e. The molecular formula is C21H18ClN3O3. The highest BCUT2D eigenvalue weighted by Gasteiger charge is 2.24. The van der Waals surface area contributed by atoms with Crippen molar-refractivity contribution in [2.24, 2.45) is 0 Å². The number of halogens is 1. The van der Waals surface area contributed by atoms with E-state index in [0.717, 1.165) is 23.0 Å². The second kappa shape index (κ2) is 6.87. The number of benzene rings is 1. The molecule has 0 atom stereocenters. The lowest BCUT2D eigenvalue weighted by molar-refractivity contribution is 0.0771. The second-order valence-corrected chi connectivity index (χ2v) is 7.22. The van der Waals surface area contributed by atoms with Gasteiger partial charge in [-0.25, -0.2) is 4.98 Å². The molecule has 0 aliphatic carbocycles. The number of hydrogen-bond acceptors (Lipinski definition) is 4. The molecule has 5 rings (SSSR count). The lowest BCUT2D eigenvalue weighted by Crippen LogP contribution is -2.34. The minimum atomic E-state index is -0.0604. The number of aromatic nitrogens is 2. The summed E-state index contributed by atoms with van der Waals surface area (Å²) in [6.45, 7) is 2.11. The van der Waals surface area contributed by atoms with Gasteiger partial charge in [0.15, 0.2) is 11.5 Å². The summed E-state index contributed by atoms with van der Waals surface area (Å²) in [5, 5.41) is 1.51. The number of carbonyl (C=O) groups excluding carboxylic acids is 1. The van der Waals surface area contributed by atoms with Crippen LogP contribution in [-0.2, 0) is 0 Å². The van der Waals surface area contributed by atoms with Gasteiger partial charge >= 0.3 is 0 Å². The van der Waals surface area contributed by atoms with Gasteiger partial charge in [-0.2, -0.15) is 0 Å². The molecular weight excluding hydrogens is 378 g/mol. The molecule has 6 nitrogen and oxygen atoms in total. The number of pyridine rings is 1. The molecule has 0 spiro atoms. The first-order chi connectivity index (χ1) is 13.7. The summed E-state index contributed by atoms with van der Waals surface area (Å²) in [7, 11) is 0. The molecule has 0 radical (unpaired) electrons. The molecule has 2 aliphatic rings. The van der Waals surface area contributed by atoms with Gasteiger partial charge in [0.2, 0.25) is 0 Å². The highest BCUT2D eigenvalue weighted by molar-refractivity contribution is 6.32. The van der Waals surface area contributed by atoms with E-state index in [0.29, 0.717) is 48.4 Å². The fraction of sp³-hybridized carbons (Fsp3) is 0.238. The third kappa shape index (κ3) is 2.90. The topological polar surface area (TPSA) is 67.5 Å². The molecule has 1 amide bonds. The summed E-state index contributed by atoms with van der Waals surface area (Å²) < 4.78 is 11.1. The molecule has 142 valence electrons. The van der Waals surface area contributed by atoms with Crippen LogP contribution in [0.1, 0.15) is 22.3 Å². The van der Waals surface area contributed by atoms with Gasteiger partial charge in [0.05, 0.1) is 5.02 Å². The molecule has 0 unspecified atom stereocenters. The van der Waals surface area contributed by atoms with Gasteiger partial charge in [0.25, 0.3) is 5.91 Å². The van der Waals surface area contributed by atoms with Gasteiger partial charge in [-0.05, 0) is 36.3 Å². The predicted molar refractivity (Wildman–Crippen MR) is 107 cm³/mol. The maximum atomic E-state index is 13.0. The van der Waals surface area contributed by atoms with Crippen molar-refractivity contribution in [2.75, 3.05) is 26.3 Å². The van der Waals surface area contributed by atoms with E-state index in [1.54, 1.807) is 18.3 Å². The summed E-state index contributed by atoms with van der Waals surface area (Å²) in [6, 6.07) is 7.36. The predicted octanol–water partition coefficient (Wildman–Crippen LogP) is 3.92. The minimum Gasteiger partial charge on any atom is -0.486 e. The summed E-state index contributed by atoms with van der Waals surface area (Å²) in [4.78, 5) is 22.3. The zero-order valence-corrected chi connectivity index (χ0v) is 15.8. The highest BCUT2D eigenvalue weighted by Crippen LogP contribution is 2.39. The van der Waals surface area contributed by atoms with Crippen molar-refractivity contribution in [3.05, 3.63) is 58.9 Å². The quantitative estimate of drug-likeness (QED) is 0.714. The lowest BCUT2D eigenvalue weighted by Gasteiger charge is -2.27. The SMILES string of the molecule is O=C(c1cc(Cl)c2c(c1)OCCO2)N1CC=C(c2c[nH]c3ncccc23)CC1. The molecule has 4 heterocycles. The van der Waals surface area contributed by atoms with Gasteiger partial charge < -0.3 is 19.4 Å². The van der Waals surface area contributed by atoms with E-state index in [9.17, 15) is 4.79 Å². The number of nitrogens with zero attached hydrogens (tertiary/aromatic N) is 2. The molecule has 0 bridgehead atoms. The normalized spacial score (nSPS) is 16.2. The zero-order chi connectivity index (χ0) is 19.1. The third-order valence-electron chi connectivity index (χ3n) is 5.14. The fourth-order valence-electron chi connectivity index (χ4n) is 3.74. The number of H-pyrrole nitrogens is 1. The summed E-state index contributed by atoms with van der Waals surface area (Å²) >= 11 is 6.28. The Labute approximate surface area is 166 Å².